The number of hydrogen-bond donors (Lipinski definition) is 3. The molecule has 0 rings (SSSR count). The Bertz CT molecular complexity index is 902. The van der Waals surface area contributed by atoms with E-state index in [1.54, 1.807) is 0 Å². The molecule has 2 atom stereocenters. The summed E-state index contributed by atoms with van der Waals surface area (Å²) in [6.07, 6.45) is 48.7. The Morgan fingerprint density at radius 2 is 0.614 bits per heavy atom. The summed E-state index contributed by atoms with van der Waals surface area (Å²) in [5.41, 5.74) is -0.583. The van der Waals surface area contributed by atoms with Gasteiger partial charge in [-0.3, -0.25) is 14.4 Å². The van der Waals surface area contributed by atoms with Gasteiger partial charge in [0.2, 0.25) is 0 Å². The van der Waals surface area contributed by atoms with Crippen molar-refractivity contribution in [1.29, 1.82) is 0 Å². The van der Waals surface area contributed by atoms with Gasteiger partial charge in [-0.25, -0.2) is 0 Å². The second kappa shape index (κ2) is 41.2. The van der Waals surface area contributed by atoms with E-state index in [0.717, 1.165) is 77.0 Å². The van der Waals surface area contributed by atoms with E-state index in [1.165, 1.54) is 180 Å². The summed E-state index contributed by atoms with van der Waals surface area (Å²) in [7, 11) is 0. The van der Waals surface area contributed by atoms with Crippen molar-refractivity contribution in [2.24, 2.45) is 17.3 Å². The largest absolute Gasteiger partial charge is 0.481 e. The van der Waals surface area contributed by atoms with Crippen LogP contribution in [0, 0.1) is 17.3 Å². The summed E-state index contributed by atoms with van der Waals surface area (Å²) in [6.45, 7) is 6.86. The first kappa shape index (κ1) is 55.4. The van der Waals surface area contributed by atoms with E-state index < -0.39 is 23.3 Å². The maximum absolute atomic E-state index is 13.4. The van der Waals surface area contributed by atoms with Gasteiger partial charge in [0.15, 0.2) is 0 Å². The maximum atomic E-state index is 13.4. The molecular weight excluding hydrogens is 709 g/mol. The number of carboxylic acids is 3. The summed E-state index contributed by atoms with van der Waals surface area (Å²) in [5.74, 6) is -1.22. The Hall–Kier alpha value is -1.59. The Kier molecular flexibility index (Phi) is 40.0. The van der Waals surface area contributed by atoms with Crippen molar-refractivity contribution >= 4 is 17.9 Å². The van der Waals surface area contributed by atoms with E-state index >= 15 is 0 Å². The van der Waals surface area contributed by atoms with Crippen molar-refractivity contribution in [2.45, 2.75) is 290 Å². The molecule has 6 nitrogen and oxygen atoms in total. The first-order valence-corrected chi connectivity index (χ1v) is 25.3. The van der Waals surface area contributed by atoms with Crippen LogP contribution in [-0.4, -0.2) is 33.2 Å². The number of carbonyl (C=O) groups is 3. The molecule has 0 aromatic rings. The zero-order valence-electron chi connectivity index (χ0n) is 38.4. The zero-order chi connectivity index (χ0) is 42.1. The van der Waals surface area contributed by atoms with Gasteiger partial charge < -0.3 is 15.3 Å². The average Bonchev–Trinajstić information content (AvgIpc) is 3.17. The van der Waals surface area contributed by atoms with E-state index in [1.807, 2.05) is 0 Å². The molecule has 0 fully saturated rings. The van der Waals surface area contributed by atoms with Crippen molar-refractivity contribution in [3.63, 3.8) is 0 Å². The van der Waals surface area contributed by atoms with Gasteiger partial charge in [-0.05, 0) is 43.9 Å². The minimum absolute atomic E-state index is 0.258. The Morgan fingerprint density at radius 3 is 0.860 bits per heavy atom. The van der Waals surface area contributed by atoms with Gasteiger partial charge in [0.1, 0.15) is 0 Å². The van der Waals surface area contributed by atoms with Crippen molar-refractivity contribution in [1.82, 2.24) is 0 Å². The lowest BCUT2D eigenvalue weighted by Crippen LogP contribution is -2.41. The van der Waals surface area contributed by atoms with Crippen LogP contribution in [0.15, 0.2) is 0 Å². The maximum Gasteiger partial charge on any atom is 0.309 e. The molecule has 0 saturated heterocycles. The summed E-state index contributed by atoms with van der Waals surface area (Å²) < 4.78 is 0. The van der Waals surface area contributed by atoms with Crippen molar-refractivity contribution in [2.75, 3.05) is 0 Å². The summed E-state index contributed by atoms with van der Waals surface area (Å²) in [6, 6.07) is 0. The van der Waals surface area contributed by atoms with Crippen LogP contribution in [0.25, 0.3) is 0 Å². The molecule has 338 valence electrons. The first-order chi connectivity index (χ1) is 27.7. The van der Waals surface area contributed by atoms with Crippen LogP contribution in [0.2, 0.25) is 0 Å². The number of rotatable bonds is 47. The third-order valence-electron chi connectivity index (χ3n) is 13.1. The van der Waals surface area contributed by atoms with E-state index in [0.29, 0.717) is 18.8 Å². The molecule has 0 bridgehead atoms. The molecule has 0 aromatic heterocycles. The van der Waals surface area contributed by atoms with Gasteiger partial charge in [-0.1, -0.05) is 245 Å². The molecule has 0 aliphatic carbocycles. The molecule has 0 aromatic carbocycles. The van der Waals surface area contributed by atoms with Crippen LogP contribution < -0.4 is 0 Å². The van der Waals surface area contributed by atoms with Crippen LogP contribution in [0.1, 0.15) is 290 Å². The molecular formula is C51H98O6. The molecule has 0 spiro atoms. The molecule has 0 aliphatic rings. The standard InChI is InChI=1S/C51H98O6/c1-4-5-6-7-8-21-26-31-36-41-47(46(2)3)51(50(56)57,45-40-35-30-25-20-16-12-14-18-23-28-33-38-43-49(54)55)44-39-34-29-24-19-15-11-9-10-13-17-22-27-32-37-42-48(52)53/h46-47H,4-45H2,1-3H3,(H,52,53)(H,54,55)(H,56,57). The Morgan fingerprint density at radius 1 is 0.368 bits per heavy atom. The fourth-order valence-corrected chi connectivity index (χ4v) is 9.47. The molecule has 0 radical (unpaired) electrons. The van der Waals surface area contributed by atoms with Gasteiger partial charge in [0.05, 0.1) is 5.41 Å². The number of hydrogen-bond acceptors (Lipinski definition) is 3. The van der Waals surface area contributed by atoms with Crippen LogP contribution in [0.4, 0.5) is 0 Å². The zero-order valence-corrected chi connectivity index (χ0v) is 38.4. The SMILES string of the molecule is CCCCCCCCCCCC(C(C)C)C(CCCCCCCCCCCCCCCCCC(=O)O)(CCCCCCCCCCCCCCCC(=O)O)C(=O)O. The fourth-order valence-electron chi connectivity index (χ4n) is 9.47. The monoisotopic (exact) mass is 807 g/mol. The topological polar surface area (TPSA) is 112 Å². The van der Waals surface area contributed by atoms with Crippen molar-refractivity contribution in [3.8, 4) is 0 Å². The van der Waals surface area contributed by atoms with Gasteiger partial charge in [-0.2, -0.15) is 0 Å². The molecule has 0 saturated carbocycles. The van der Waals surface area contributed by atoms with Crippen LogP contribution in [0.5, 0.6) is 0 Å². The highest BCUT2D eigenvalue weighted by Crippen LogP contribution is 2.46. The highest BCUT2D eigenvalue weighted by atomic mass is 16.4. The lowest BCUT2D eigenvalue weighted by molar-refractivity contribution is -0.156. The predicted molar refractivity (Wildman–Crippen MR) is 243 cm³/mol. The van der Waals surface area contributed by atoms with Gasteiger partial charge >= 0.3 is 17.9 Å². The fraction of sp³-hybridized carbons (Fsp3) is 0.941. The number of carboxylic acid groups (broad SMARTS) is 3. The second-order valence-electron chi connectivity index (χ2n) is 18.6. The highest BCUT2D eigenvalue weighted by Gasteiger charge is 2.45. The van der Waals surface area contributed by atoms with Gasteiger partial charge in [-0.15, -0.1) is 0 Å². The molecule has 0 aliphatic heterocycles. The summed E-state index contributed by atoms with van der Waals surface area (Å²) in [4.78, 5) is 34.6. The van der Waals surface area contributed by atoms with Crippen LogP contribution in [0.3, 0.4) is 0 Å². The smallest absolute Gasteiger partial charge is 0.309 e. The number of aliphatic carboxylic acids is 3. The van der Waals surface area contributed by atoms with Crippen LogP contribution >= 0.6 is 0 Å². The summed E-state index contributed by atoms with van der Waals surface area (Å²) in [5, 5.41) is 28.5. The average molecular weight is 807 g/mol. The molecule has 3 N–H and O–H groups in total. The minimum atomic E-state index is -0.678. The van der Waals surface area contributed by atoms with Gasteiger partial charge in [0.25, 0.3) is 0 Å². The predicted octanol–water partition coefficient (Wildman–Crippen LogP) is 16.9. The first-order valence-electron chi connectivity index (χ1n) is 25.3. The molecule has 6 heteroatoms. The Labute approximate surface area is 354 Å². The van der Waals surface area contributed by atoms with E-state index in [4.69, 9.17) is 10.2 Å². The molecule has 0 heterocycles. The summed E-state index contributed by atoms with van der Waals surface area (Å²) >= 11 is 0. The Balaban J connectivity index is 4.65. The van der Waals surface area contributed by atoms with E-state index in [-0.39, 0.29) is 5.92 Å². The van der Waals surface area contributed by atoms with Crippen LogP contribution in [-0.2, 0) is 14.4 Å². The minimum Gasteiger partial charge on any atom is -0.481 e. The van der Waals surface area contributed by atoms with Crippen molar-refractivity contribution in [3.05, 3.63) is 0 Å². The lowest BCUT2D eigenvalue weighted by Gasteiger charge is -2.40. The molecule has 2 unspecified atom stereocenters. The highest BCUT2D eigenvalue weighted by molar-refractivity contribution is 5.75. The van der Waals surface area contributed by atoms with Crippen molar-refractivity contribution < 1.29 is 29.7 Å². The normalized spacial score (nSPS) is 13.3. The molecule has 0 amide bonds. The van der Waals surface area contributed by atoms with E-state index in [9.17, 15) is 19.5 Å². The third-order valence-corrected chi connectivity index (χ3v) is 13.1. The second-order valence-corrected chi connectivity index (χ2v) is 18.6. The molecule has 57 heavy (non-hydrogen) atoms. The lowest BCUT2D eigenvalue weighted by atomic mass is 9.63. The van der Waals surface area contributed by atoms with Gasteiger partial charge in [0, 0.05) is 12.8 Å². The number of unbranched alkanes of at least 4 members (excludes halogenated alkanes) is 34. The third kappa shape index (κ3) is 34.9. The quantitative estimate of drug-likeness (QED) is 0.0528. The van der Waals surface area contributed by atoms with E-state index in [2.05, 4.69) is 20.8 Å².